The van der Waals surface area contributed by atoms with E-state index in [-0.39, 0.29) is 35.2 Å². The molecule has 172 valence electrons. The maximum atomic E-state index is 13.5. The number of aromatic nitrogens is 2. The van der Waals surface area contributed by atoms with Crippen molar-refractivity contribution in [2.24, 2.45) is 0 Å². The molecule has 1 saturated heterocycles. The molecule has 1 saturated carbocycles. The van der Waals surface area contributed by atoms with Crippen molar-refractivity contribution < 1.29 is 14.7 Å². The molecule has 2 aromatic rings. The van der Waals surface area contributed by atoms with Gasteiger partial charge in [0.2, 0.25) is 5.91 Å². The highest BCUT2D eigenvalue weighted by atomic mass is 16.3. The number of rotatable bonds is 4. The number of hydrogen-bond donors (Lipinski definition) is 1. The van der Waals surface area contributed by atoms with E-state index in [1.54, 1.807) is 43.1 Å². The van der Waals surface area contributed by atoms with E-state index >= 15 is 0 Å². The number of carbonyl (C=O) groups excluding carboxylic acids is 2. The topological polar surface area (TPSA) is 99.0 Å². The first-order chi connectivity index (χ1) is 15.3. The normalized spacial score (nSPS) is 24.1. The van der Waals surface area contributed by atoms with Crippen molar-refractivity contribution >= 4 is 22.6 Å². The van der Waals surface area contributed by atoms with Crippen molar-refractivity contribution in [1.29, 1.82) is 0 Å². The van der Waals surface area contributed by atoms with E-state index in [2.05, 4.69) is 10.00 Å². The third-order valence-electron chi connectivity index (χ3n) is 6.96. The van der Waals surface area contributed by atoms with Crippen LogP contribution >= 0.6 is 0 Å². The van der Waals surface area contributed by atoms with Gasteiger partial charge in [-0.3, -0.25) is 19.3 Å². The van der Waals surface area contributed by atoms with Gasteiger partial charge >= 0.3 is 0 Å². The first-order valence-electron chi connectivity index (χ1n) is 11.3. The van der Waals surface area contributed by atoms with Gasteiger partial charge in [0.25, 0.3) is 11.5 Å². The molecule has 2 heterocycles. The van der Waals surface area contributed by atoms with Crippen molar-refractivity contribution in [3.05, 3.63) is 40.3 Å². The molecule has 9 heteroatoms. The number of piperazine rings is 1. The van der Waals surface area contributed by atoms with Gasteiger partial charge in [0, 0.05) is 58.1 Å². The lowest BCUT2D eigenvalue weighted by Gasteiger charge is -2.39. The van der Waals surface area contributed by atoms with Gasteiger partial charge in [-0.25, -0.2) is 4.68 Å². The smallest absolute Gasteiger partial charge is 0.275 e. The molecule has 1 aromatic heterocycles. The Kier molecular flexibility index (Phi) is 6.30. The molecule has 0 unspecified atom stereocenters. The van der Waals surface area contributed by atoms with Crippen LogP contribution in [-0.2, 0) is 11.3 Å². The van der Waals surface area contributed by atoms with Gasteiger partial charge < -0.3 is 14.9 Å². The summed E-state index contributed by atoms with van der Waals surface area (Å²) >= 11 is 0. The largest absolute Gasteiger partial charge is 0.389 e. The number of hydrogen-bond acceptors (Lipinski definition) is 6. The second-order valence-corrected chi connectivity index (χ2v) is 8.68. The third kappa shape index (κ3) is 3.91. The average molecular weight is 442 g/mol. The molecule has 4 rings (SSSR count). The van der Waals surface area contributed by atoms with Crippen molar-refractivity contribution in [2.45, 2.75) is 51.4 Å². The van der Waals surface area contributed by atoms with Gasteiger partial charge in [0.1, 0.15) is 0 Å². The Labute approximate surface area is 187 Å². The standard InChI is InChI=1S/C23H31N5O4/c1-4-28-22(31)17-8-6-5-7-16(17)20(24-28)23(32)25(3)18-9-10-19(21(18)30)27-13-11-26(12-14-27)15(2)29/h5-8,18-19,21,30H,4,9-14H2,1-3H3/t18-,19-,21-/m1/s1. The van der Waals surface area contributed by atoms with E-state index in [0.29, 0.717) is 36.8 Å². The minimum atomic E-state index is -0.684. The van der Waals surface area contributed by atoms with Crippen molar-refractivity contribution in [3.8, 4) is 0 Å². The van der Waals surface area contributed by atoms with Crippen molar-refractivity contribution in [3.63, 3.8) is 0 Å². The molecule has 1 aliphatic heterocycles. The molecule has 0 bridgehead atoms. The highest BCUT2D eigenvalue weighted by Crippen LogP contribution is 2.30. The summed E-state index contributed by atoms with van der Waals surface area (Å²) in [6.45, 7) is 6.53. The summed E-state index contributed by atoms with van der Waals surface area (Å²) in [5.74, 6) is -0.220. The lowest BCUT2D eigenvalue weighted by atomic mass is 10.1. The van der Waals surface area contributed by atoms with E-state index in [1.165, 1.54) is 4.68 Å². The highest BCUT2D eigenvalue weighted by molar-refractivity contribution is 6.04. The molecule has 2 amide bonds. The van der Waals surface area contributed by atoms with Gasteiger partial charge in [-0.1, -0.05) is 18.2 Å². The Morgan fingerprint density at radius 2 is 1.78 bits per heavy atom. The maximum Gasteiger partial charge on any atom is 0.275 e. The van der Waals surface area contributed by atoms with Crippen LogP contribution in [0.4, 0.5) is 0 Å². The van der Waals surface area contributed by atoms with Gasteiger partial charge in [-0.05, 0) is 25.8 Å². The number of carbonyl (C=O) groups is 2. The van der Waals surface area contributed by atoms with Gasteiger partial charge in [0.15, 0.2) is 5.69 Å². The zero-order valence-corrected chi connectivity index (χ0v) is 18.9. The third-order valence-corrected chi connectivity index (χ3v) is 6.96. The summed E-state index contributed by atoms with van der Waals surface area (Å²) in [6, 6.07) is 6.65. The first kappa shape index (κ1) is 22.4. The van der Waals surface area contributed by atoms with Gasteiger partial charge in [0.05, 0.1) is 17.5 Å². The molecular formula is C23H31N5O4. The lowest BCUT2D eigenvalue weighted by molar-refractivity contribution is -0.131. The zero-order chi connectivity index (χ0) is 23.0. The quantitative estimate of drug-likeness (QED) is 0.744. The predicted octanol–water partition coefficient (Wildman–Crippen LogP) is 0.544. The number of nitrogens with zero attached hydrogens (tertiary/aromatic N) is 5. The molecular weight excluding hydrogens is 410 g/mol. The summed E-state index contributed by atoms with van der Waals surface area (Å²) in [5, 5.41) is 16.5. The second kappa shape index (κ2) is 8.99. The SMILES string of the molecule is CCn1nc(C(=O)N(C)[C@@H]2CC[C@@H](N3CCN(C(C)=O)CC3)[C@@H]2O)c2ccccc2c1=O. The Morgan fingerprint density at radius 1 is 1.12 bits per heavy atom. The van der Waals surface area contributed by atoms with Crippen LogP contribution in [0.3, 0.4) is 0 Å². The van der Waals surface area contributed by atoms with E-state index in [1.807, 2.05) is 11.8 Å². The summed E-state index contributed by atoms with van der Waals surface area (Å²) in [6.07, 6.45) is 0.787. The Bertz CT molecular complexity index is 1080. The molecule has 0 spiro atoms. The number of benzene rings is 1. The maximum absolute atomic E-state index is 13.5. The lowest BCUT2D eigenvalue weighted by Crippen LogP contribution is -2.55. The van der Waals surface area contributed by atoms with Crippen molar-refractivity contribution in [1.82, 2.24) is 24.5 Å². The van der Waals surface area contributed by atoms with Crippen LogP contribution in [0.1, 0.15) is 37.2 Å². The first-order valence-corrected chi connectivity index (χ1v) is 11.3. The molecule has 9 nitrogen and oxygen atoms in total. The fraction of sp³-hybridized carbons (Fsp3) is 0.565. The molecule has 3 atom stereocenters. The number of aryl methyl sites for hydroxylation is 1. The molecule has 0 radical (unpaired) electrons. The monoisotopic (exact) mass is 441 g/mol. The van der Waals surface area contributed by atoms with E-state index < -0.39 is 6.10 Å². The number of likely N-dealkylation sites (N-methyl/N-ethyl adjacent to an activating group) is 1. The Hall–Kier alpha value is -2.78. The van der Waals surface area contributed by atoms with Crippen LogP contribution in [0.25, 0.3) is 10.8 Å². The Morgan fingerprint density at radius 3 is 2.41 bits per heavy atom. The predicted molar refractivity (Wildman–Crippen MR) is 120 cm³/mol. The van der Waals surface area contributed by atoms with Gasteiger partial charge in [-0.15, -0.1) is 0 Å². The average Bonchev–Trinajstić information content (AvgIpc) is 3.19. The zero-order valence-electron chi connectivity index (χ0n) is 18.9. The molecule has 1 aromatic carbocycles. The molecule has 1 aliphatic carbocycles. The molecule has 1 N–H and O–H groups in total. The Balaban J connectivity index is 1.54. The van der Waals surface area contributed by atoms with Crippen molar-refractivity contribution in [2.75, 3.05) is 33.2 Å². The molecule has 2 fully saturated rings. The van der Waals surface area contributed by atoms with Crippen LogP contribution in [0.2, 0.25) is 0 Å². The van der Waals surface area contributed by atoms with Crippen LogP contribution in [-0.4, -0.2) is 92.8 Å². The minimum Gasteiger partial charge on any atom is -0.389 e. The van der Waals surface area contributed by atoms with Crippen LogP contribution < -0.4 is 5.56 Å². The van der Waals surface area contributed by atoms with Crippen LogP contribution in [0.5, 0.6) is 0 Å². The molecule has 32 heavy (non-hydrogen) atoms. The number of amides is 2. The molecule has 2 aliphatic rings. The fourth-order valence-corrected chi connectivity index (χ4v) is 5.05. The minimum absolute atomic E-state index is 0.0429. The van der Waals surface area contributed by atoms with E-state index in [4.69, 9.17) is 0 Å². The second-order valence-electron chi connectivity index (χ2n) is 8.68. The fourth-order valence-electron chi connectivity index (χ4n) is 5.05. The van der Waals surface area contributed by atoms with E-state index in [9.17, 15) is 19.5 Å². The summed E-state index contributed by atoms with van der Waals surface area (Å²) < 4.78 is 1.31. The number of fused-ring (bicyclic) bond motifs is 1. The van der Waals surface area contributed by atoms with Crippen LogP contribution in [0, 0.1) is 0 Å². The van der Waals surface area contributed by atoms with E-state index in [0.717, 1.165) is 19.5 Å². The summed E-state index contributed by atoms with van der Waals surface area (Å²) in [5.41, 5.74) is 0.0169. The summed E-state index contributed by atoms with van der Waals surface area (Å²) in [4.78, 5) is 43.3. The summed E-state index contributed by atoms with van der Waals surface area (Å²) in [7, 11) is 1.70. The number of aliphatic hydroxyl groups excluding tert-OH is 1. The van der Waals surface area contributed by atoms with Gasteiger partial charge in [-0.2, -0.15) is 5.10 Å². The van der Waals surface area contributed by atoms with Crippen LogP contribution in [0.15, 0.2) is 29.1 Å². The highest BCUT2D eigenvalue weighted by Gasteiger charge is 2.42. The number of aliphatic hydroxyl groups is 1.